The molecule has 43 heavy (non-hydrogen) atoms. The number of ether oxygens (including phenoxy) is 1. The Morgan fingerprint density at radius 2 is 1.95 bits per heavy atom. The molecule has 10 heteroatoms. The number of hydrogen-bond donors (Lipinski definition) is 2. The number of allylic oxidation sites excluding steroid dienone is 1. The Balaban J connectivity index is 1.32. The van der Waals surface area contributed by atoms with E-state index in [2.05, 4.69) is 15.9 Å². The fourth-order valence-electron chi connectivity index (χ4n) is 6.92. The number of aromatic hydroxyl groups is 1. The Morgan fingerprint density at radius 3 is 2.70 bits per heavy atom. The number of benzene rings is 2. The van der Waals surface area contributed by atoms with E-state index in [9.17, 15) is 19.7 Å². The molecule has 0 radical (unpaired) electrons. The van der Waals surface area contributed by atoms with Gasteiger partial charge in [0.15, 0.2) is 0 Å². The van der Waals surface area contributed by atoms with E-state index >= 15 is 0 Å². The number of halogens is 1. The first-order valence-corrected chi connectivity index (χ1v) is 16.2. The molecule has 0 spiro atoms. The van der Waals surface area contributed by atoms with Crippen molar-refractivity contribution in [2.75, 3.05) is 13.7 Å². The molecule has 3 heterocycles. The quantitative estimate of drug-likeness (QED) is 0.123. The smallest absolute Gasteiger partial charge is 0.455 e. The van der Waals surface area contributed by atoms with E-state index in [4.69, 9.17) is 9.39 Å². The van der Waals surface area contributed by atoms with Crippen LogP contribution in [0.25, 0.3) is 11.6 Å². The van der Waals surface area contributed by atoms with Gasteiger partial charge < -0.3 is 19.5 Å². The molecule has 2 N–H and O–H groups in total. The minimum atomic E-state index is -1.05. The summed E-state index contributed by atoms with van der Waals surface area (Å²) in [6.45, 7) is 0.616. The maximum absolute atomic E-state index is 13.8. The SMILES string of the molecule is COCC1=C2[C@@H](CC/C(=C/c3cc(Br)ccc3O)c3ccccc3)OB(O)C[C@@H]2[C@@H]2C(=O)N(Cc3cccs3)C(=O)[C@@H]2C1. The average molecular weight is 662 g/mol. The van der Waals surface area contributed by atoms with Crippen molar-refractivity contribution in [3.63, 3.8) is 0 Å². The van der Waals surface area contributed by atoms with Gasteiger partial charge in [-0.05, 0) is 89.5 Å². The lowest BCUT2D eigenvalue weighted by atomic mass is 9.58. The van der Waals surface area contributed by atoms with Gasteiger partial charge in [-0.2, -0.15) is 0 Å². The summed E-state index contributed by atoms with van der Waals surface area (Å²) in [5.41, 5.74) is 4.69. The lowest BCUT2D eigenvalue weighted by Gasteiger charge is -2.43. The fourth-order valence-corrected chi connectivity index (χ4v) is 7.99. The van der Waals surface area contributed by atoms with Gasteiger partial charge in [-0.15, -0.1) is 11.3 Å². The molecule has 7 nitrogen and oxygen atoms in total. The molecule has 0 saturated carbocycles. The van der Waals surface area contributed by atoms with E-state index in [-0.39, 0.29) is 36.3 Å². The molecule has 4 atom stereocenters. The molecular weight excluding hydrogens is 629 g/mol. The molecule has 3 aromatic rings. The first-order valence-electron chi connectivity index (χ1n) is 14.5. The zero-order chi connectivity index (χ0) is 30.1. The molecule has 2 aromatic carbocycles. The largest absolute Gasteiger partial charge is 0.507 e. The van der Waals surface area contributed by atoms with E-state index in [1.165, 1.54) is 16.2 Å². The van der Waals surface area contributed by atoms with Gasteiger partial charge in [0.2, 0.25) is 11.8 Å². The second-order valence-corrected chi connectivity index (χ2v) is 13.3. The van der Waals surface area contributed by atoms with Crippen LogP contribution in [-0.4, -0.2) is 53.8 Å². The highest BCUT2D eigenvalue weighted by Gasteiger charge is 2.57. The van der Waals surface area contributed by atoms with E-state index in [1.807, 2.05) is 60.0 Å². The van der Waals surface area contributed by atoms with Crippen molar-refractivity contribution < 1.29 is 29.1 Å². The Labute approximate surface area is 264 Å². The molecule has 2 fully saturated rings. The monoisotopic (exact) mass is 661 g/mol. The molecule has 6 rings (SSSR count). The number of nitrogens with zero attached hydrogens (tertiary/aromatic N) is 1. The van der Waals surface area contributed by atoms with Crippen molar-refractivity contribution in [2.24, 2.45) is 17.8 Å². The molecule has 1 aromatic heterocycles. The predicted octanol–water partition coefficient (Wildman–Crippen LogP) is 6.18. The lowest BCUT2D eigenvalue weighted by Crippen LogP contribution is -2.46. The molecule has 3 aliphatic rings. The molecule has 2 aliphatic heterocycles. The number of hydrogen-bond acceptors (Lipinski definition) is 7. The van der Waals surface area contributed by atoms with Gasteiger partial charge in [-0.25, -0.2) is 0 Å². The number of fused-ring (bicyclic) bond motifs is 3. The van der Waals surface area contributed by atoms with Crippen LogP contribution >= 0.6 is 27.3 Å². The number of rotatable bonds is 9. The van der Waals surface area contributed by atoms with Gasteiger partial charge >= 0.3 is 7.12 Å². The zero-order valence-corrected chi connectivity index (χ0v) is 26.2. The Bertz CT molecular complexity index is 1560. The van der Waals surface area contributed by atoms with E-state index in [1.54, 1.807) is 19.2 Å². The third-order valence-corrected chi connectivity index (χ3v) is 10.1. The minimum Gasteiger partial charge on any atom is -0.507 e. The summed E-state index contributed by atoms with van der Waals surface area (Å²) in [5, 5.41) is 23.4. The van der Waals surface area contributed by atoms with Gasteiger partial charge in [0.05, 0.1) is 31.1 Å². The lowest BCUT2D eigenvalue weighted by molar-refractivity contribution is -0.140. The number of likely N-dealkylation sites (tertiary alicyclic amines) is 1. The van der Waals surface area contributed by atoms with Crippen LogP contribution in [0.1, 0.15) is 35.3 Å². The van der Waals surface area contributed by atoms with Crippen molar-refractivity contribution in [3.8, 4) is 5.75 Å². The molecule has 222 valence electrons. The summed E-state index contributed by atoms with van der Waals surface area (Å²) < 4.78 is 12.6. The molecular formula is C33H33BBrNO6S. The number of phenolic OH excluding ortho intramolecular Hbond substituents is 1. The first kappa shape index (κ1) is 30.0. The van der Waals surface area contributed by atoms with Gasteiger partial charge in [0, 0.05) is 22.0 Å². The van der Waals surface area contributed by atoms with Crippen LogP contribution < -0.4 is 0 Å². The number of amides is 2. The maximum Gasteiger partial charge on any atom is 0.455 e. The summed E-state index contributed by atoms with van der Waals surface area (Å²) in [5.74, 6) is -1.41. The predicted molar refractivity (Wildman–Crippen MR) is 171 cm³/mol. The molecule has 2 saturated heterocycles. The second-order valence-electron chi connectivity index (χ2n) is 11.4. The van der Waals surface area contributed by atoms with Crippen molar-refractivity contribution in [3.05, 3.63) is 97.7 Å². The standard InChI is InChI=1S/C33H33BBrNO6S/c1-41-19-23-16-26-31(33(39)36(32(26)38)18-25-8-5-13-43-25)27-17-34(40)42-29(30(23)27)12-9-21(20-6-3-2-4-7-20)14-22-15-24(35)10-11-28(22)37/h2-8,10-11,13-15,26-27,29,31,37,40H,9,12,16-19H2,1H3/b21-14-/t26-,27+,29-,31-/m1/s1. The average Bonchev–Trinajstić information content (AvgIpc) is 3.60. The van der Waals surface area contributed by atoms with Crippen LogP contribution in [0, 0.1) is 17.8 Å². The van der Waals surface area contributed by atoms with Crippen LogP contribution in [0.5, 0.6) is 5.75 Å². The summed E-state index contributed by atoms with van der Waals surface area (Å²) in [4.78, 5) is 29.8. The number of carbonyl (C=O) groups excluding carboxylic acids is 2. The minimum absolute atomic E-state index is 0.142. The second kappa shape index (κ2) is 12.9. The molecule has 0 bridgehead atoms. The van der Waals surface area contributed by atoms with Gasteiger partial charge in [0.25, 0.3) is 0 Å². The zero-order valence-electron chi connectivity index (χ0n) is 23.8. The number of imide groups is 1. The van der Waals surface area contributed by atoms with Crippen molar-refractivity contribution in [1.82, 2.24) is 4.90 Å². The molecule has 1 aliphatic carbocycles. The van der Waals surface area contributed by atoms with Crippen LogP contribution in [0.2, 0.25) is 6.32 Å². The maximum atomic E-state index is 13.8. The van der Waals surface area contributed by atoms with E-state index in [0.29, 0.717) is 31.4 Å². The number of thiophene rings is 1. The van der Waals surface area contributed by atoms with E-state index in [0.717, 1.165) is 31.6 Å². The Morgan fingerprint density at radius 1 is 1.14 bits per heavy atom. The van der Waals surface area contributed by atoms with Crippen molar-refractivity contribution >= 4 is 57.8 Å². The normalized spacial score (nSPS) is 24.0. The van der Waals surface area contributed by atoms with Gasteiger partial charge in [-0.3, -0.25) is 14.5 Å². The Hall–Kier alpha value is -3.02. The molecule has 2 amide bonds. The van der Waals surface area contributed by atoms with Gasteiger partial charge in [-0.1, -0.05) is 52.3 Å². The Kier molecular flexibility index (Phi) is 9.02. The van der Waals surface area contributed by atoms with Crippen LogP contribution in [0.4, 0.5) is 0 Å². The summed E-state index contributed by atoms with van der Waals surface area (Å²) in [6, 6.07) is 19.2. The third kappa shape index (κ3) is 6.17. The number of phenols is 1. The summed E-state index contributed by atoms with van der Waals surface area (Å²) in [7, 11) is 0.585. The van der Waals surface area contributed by atoms with Crippen LogP contribution in [0.15, 0.2) is 81.7 Å². The number of methoxy groups -OCH3 is 1. The van der Waals surface area contributed by atoms with E-state index < -0.39 is 25.1 Å². The highest BCUT2D eigenvalue weighted by Crippen LogP contribution is 2.51. The highest BCUT2D eigenvalue weighted by molar-refractivity contribution is 9.10. The highest BCUT2D eigenvalue weighted by atomic mass is 79.9. The fraction of sp³-hybridized carbons (Fsp3) is 0.333. The summed E-state index contributed by atoms with van der Waals surface area (Å²) in [6.07, 6.45) is 3.38. The number of carbonyl (C=O) groups is 2. The molecule has 0 unspecified atom stereocenters. The summed E-state index contributed by atoms with van der Waals surface area (Å²) >= 11 is 5.03. The first-order chi connectivity index (χ1) is 20.8. The van der Waals surface area contributed by atoms with Crippen LogP contribution in [-0.2, 0) is 25.5 Å². The van der Waals surface area contributed by atoms with Gasteiger partial charge in [0.1, 0.15) is 5.75 Å². The topological polar surface area (TPSA) is 96.3 Å². The van der Waals surface area contributed by atoms with Crippen molar-refractivity contribution in [2.45, 2.75) is 38.2 Å². The van der Waals surface area contributed by atoms with Crippen LogP contribution in [0.3, 0.4) is 0 Å². The van der Waals surface area contributed by atoms with Crippen molar-refractivity contribution in [1.29, 1.82) is 0 Å². The third-order valence-electron chi connectivity index (χ3n) is 8.75.